The lowest BCUT2D eigenvalue weighted by molar-refractivity contribution is 0.620. The number of hydrogen-bond donors (Lipinski definition) is 1. The quantitative estimate of drug-likeness (QED) is 0.518. The Bertz CT molecular complexity index is 156. The summed E-state index contributed by atoms with van der Waals surface area (Å²) in [7, 11) is 0. The highest BCUT2D eigenvalue weighted by molar-refractivity contribution is 5.24. The van der Waals surface area contributed by atoms with Crippen LogP contribution in [0.5, 0.6) is 0 Å². The average Bonchev–Trinajstić information content (AvgIpc) is 1.80. The Morgan fingerprint density at radius 2 is 2.22 bits per heavy atom. The van der Waals surface area contributed by atoms with Crippen LogP contribution in [0.15, 0.2) is 23.8 Å². The molecule has 0 spiro atoms. The molecule has 0 aliphatic heterocycles. The predicted octanol–water partition coefficient (Wildman–Crippen LogP) is 1.47. The van der Waals surface area contributed by atoms with E-state index in [0.29, 0.717) is 5.92 Å². The van der Waals surface area contributed by atoms with Crippen LogP contribution in [0.1, 0.15) is 13.8 Å². The summed E-state index contributed by atoms with van der Waals surface area (Å²) in [6.45, 7) is 4.23. The van der Waals surface area contributed by atoms with Crippen molar-refractivity contribution >= 4 is 0 Å². The fraction of sp³-hybridized carbons (Fsp3) is 0.500. The predicted molar refractivity (Wildman–Crippen MR) is 40.0 cm³/mol. The Kier molecular flexibility index (Phi) is 1.72. The summed E-state index contributed by atoms with van der Waals surface area (Å²) < 4.78 is 0. The maximum atomic E-state index is 5.71. The van der Waals surface area contributed by atoms with Crippen LogP contribution in [0.4, 0.5) is 0 Å². The first-order valence-electron chi connectivity index (χ1n) is 3.32. The Morgan fingerprint density at radius 3 is 2.67 bits per heavy atom. The molecule has 9 heavy (non-hydrogen) atoms. The van der Waals surface area contributed by atoms with Crippen LogP contribution in [0, 0.1) is 5.92 Å². The van der Waals surface area contributed by atoms with Gasteiger partial charge in [0, 0.05) is 6.04 Å². The number of rotatable bonds is 0. The molecule has 1 aliphatic rings. The van der Waals surface area contributed by atoms with Crippen molar-refractivity contribution in [2.45, 2.75) is 19.9 Å². The molecule has 0 radical (unpaired) electrons. The first kappa shape index (κ1) is 6.56. The van der Waals surface area contributed by atoms with Gasteiger partial charge in [0.25, 0.3) is 0 Å². The van der Waals surface area contributed by atoms with Gasteiger partial charge < -0.3 is 5.73 Å². The average molecular weight is 123 g/mol. The van der Waals surface area contributed by atoms with Crippen LogP contribution >= 0.6 is 0 Å². The van der Waals surface area contributed by atoms with Crippen molar-refractivity contribution in [3.8, 4) is 0 Å². The van der Waals surface area contributed by atoms with E-state index in [1.165, 1.54) is 5.57 Å². The van der Waals surface area contributed by atoms with Crippen LogP contribution in [-0.4, -0.2) is 6.04 Å². The van der Waals surface area contributed by atoms with Crippen molar-refractivity contribution in [1.82, 2.24) is 0 Å². The van der Waals surface area contributed by atoms with E-state index in [0.717, 1.165) is 0 Å². The molecule has 2 N–H and O–H groups in total. The van der Waals surface area contributed by atoms with E-state index < -0.39 is 0 Å². The van der Waals surface area contributed by atoms with E-state index in [4.69, 9.17) is 5.73 Å². The first-order valence-corrected chi connectivity index (χ1v) is 3.32. The molecule has 0 fully saturated rings. The van der Waals surface area contributed by atoms with Gasteiger partial charge in [-0.25, -0.2) is 0 Å². The van der Waals surface area contributed by atoms with E-state index in [2.05, 4.69) is 32.1 Å². The minimum absolute atomic E-state index is 0.230. The van der Waals surface area contributed by atoms with Crippen LogP contribution in [0.25, 0.3) is 0 Å². The Hall–Kier alpha value is -0.560. The van der Waals surface area contributed by atoms with Crippen molar-refractivity contribution in [3.05, 3.63) is 23.8 Å². The van der Waals surface area contributed by atoms with Crippen molar-refractivity contribution in [2.75, 3.05) is 0 Å². The highest BCUT2D eigenvalue weighted by Gasteiger charge is 2.09. The molecular formula is C8H13N. The molecule has 1 heteroatoms. The second-order valence-electron chi connectivity index (χ2n) is 2.71. The molecule has 0 aromatic rings. The fourth-order valence-corrected chi connectivity index (χ4v) is 1.02. The maximum absolute atomic E-state index is 5.71. The van der Waals surface area contributed by atoms with Crippen molar-refractivity contribution in [1.29, 1.82) is 0 Å². The monoisotopic (exact) mass is 123 g/mol. The van der Waals surface area contributed by atoms with Gasteiger partial charge in [-0.3, -0.25) is 0 Å². The summed E-state index contributed by atoms with van der Waals surface area (Å²) in [6, 6.07) is 0.230. The van der Waals surface area contributed by atoms with Gasteiger partial charge in [-0.1, -0.05) is 30.7 Å². The lowest BCUT2D eigenvalue weighted by Gasteiger charge is -2.16. The molecule has 0 aromatic heterocycles. The third-order valence-electron chi connectivity index (χ3n) is 1.71. The topological polar surface area (TPSA) is 26.0 Å². The normalized spacial score (nSPS) is 34.3. The number of allylic oxidation sites excluding steroid dienone is 2. The molecule has 0 saturated carbocycles. The number of nitrogens with two attached hydrogens (primary N) is 1. The van der Waals surface area contributed by atoms with Crippen molar-refractivity contribution in [2.24, 2.45) is 11.7 Å². The van der Waals surface area contributed by atoms with Gasteiger partial charge in [-0.2, -0.15) is 0 Å². The molecule has 0 saturated heterocycles. The summed E-state index contributed by atoms with van der Waals surface area (Å²) in [5.41, 5.74) is 7.03. The van der Waals surface area contributed by atoms with Crippen LogP contribution in [0.3, 0.4) is 0 Å². The van der Waals surface area contributed by atoms with Gasteiger partial charge >= 0.3 is 0 Å². The van der Waals surface area contributed by atoms with Gasteiger partial charge in [0.05, 0.1) is 0 Å². The van der Waals surface area contributed by atoms with Crippen molar-refractivity contribution in [3.63, 3.8) is 0 Å². The minimum Gasteiger partial charge on any atom is -0.324 e. The van der Waals surface area contributed by atoms with Crippen LogP contribution in [0.2, 0.25) is 0 Å². The number of hydrogen-bond acceptors (Lipinski definition) is 1. The summed E-state index contributed by atoms with van der Waals surface area (Å²) in [6.07, 6.45) is 6.33. The van der Waals surface area contributed by atoms with Crippen molar-refractivity contribution < 1.29 is 0 Å². The molecule has 0 bridgehead atoms. The molecular weight excluding hydrogens is 110 g/mol. The summed E-state index contributed by atoms with van der Waals surface area (Å²) >= 11 is 0. The van der Waals surface area contributed by atoms with Crippen LogP contribution < -0.4 is 5.73 Å². The third-order valence-corrected chi connectivity index (χ3v) is 1.71. The molecule has 50 valence electrons. The van der Waals surface area contributed by atoms with Gasteiger partial charge in [0.15, 0.2) is 0 Å². The summed E-state index contributed by atoms with van der Waals surface area (Å²) in [5, 5.41) is 0. The molecule has 0 amide bonds. The molecule has 1 rings (SSSR count). The van der Waals surface area contributed by atoms with E-state index in [9.17, 15) is 0 Å². The lowest BCUT2D eigenvalue weighted by Crippen LogP contribution is -2.26. The Morgan fingerprint density at radius 1 is 1.56 bits per heavy atom. The molecule has 0 aromatic carbocycles. The highest BCUT2D eigenvalue weighted by atomic mass is 14.6. The smallest absolute Gasteiger partial charge is 0.0288 e. The molecule has 0 heterocycles. The third kappa shape index (κ3) is 1.42. The minimum atomic E-state index is 0.230. The zero-order chi connectivity index (χ0) is 6.85. The second kappa shape index (κ2) is 2.36. The van der Waals surface area contributed by atoms with E-state index >= 15 is 0 Å². The zero-order valence-corrected chi connectivity index (χ0v) is 5.96. The fourth-order valence-electron chi connectivity index (χ4n) is 1.02. The molecule has 1 aliphatic carbocycles. The standard InChI is InChI=1S/C8H13N/c1-6-3-4-8(9)7(2)5-6/h3-5,7-8H,9H2,1-2H3/t7?,8-/m0/s1. The molecule has 1 nitrogen and oxygen atoms in total. The van der Waals surface area contributed by atoms with E-state index in [1.807, 2.05) is 0 Å². The summed E-state index contributed by atoms with van der Waals surface area (Å²) in [5.74, 6) is 0.509. The van der Waals surface area contributed by atoms with Crippen LogP contribution in [-0.2, 0) is 0 Å². The Labute approximate surface area is 56.2 Å². The second-order valence-corrected chi connectivity index (χ2v) is 2.71. The Balaban J connectivity index is 2.70. The lowest BCUT2D eigenvalue weighted by atomic mass is 9.95. The highest BCUT2D eigenvalue weighted by Crippen LogP contribution is 2.13. The molecule has 2 atom stereocenters. The summed E-state index contributed by atoms with van der Waals surface area (Å²) in [4.78, 5) is 0. The first-order chi connectivity index (χ1) is 4.20. The maximum Gasteiger partial charge on any atom is 0.0288 e. The van der Waals surface area contributed by atoms with Gasteiger partial charge in [0.2, 0.25) is 0 Å². The largest absolute Gasteiger partial charge is 0.324 e. The van der Waals surface area contributed by atoms with E-state index in [-0.39, 0.29) is 6.04 Å². The molecule has 1 unspecified atom stereocenters. The van der Waals surface area contributed by atoms with Gasteiger partial charge in [-0.05, 0) is 12.8 Å². The van der Waals surface area contributed by atoms with Gasteiger partial charge in [0.1, 0.15) is 0 Å². The van der Waals surface area contributed by atoms with Gasteiger partial charge in [-0.15, -0.1) is 0 Å². The van der Waals surface area contributed by atoms with E-state index in [1.54, 1.807) is 0 Å². The SMILES string of the molecule is CC1=CC(C)[C@@H](N)C=C1. The zero-order valence-electron chi connectivity index (χ0n) is 5.96.